The minimum atomic E-state index is -1.36. The molecule has 0 saturated carbocycles. The number of methoxy groups -OCH3 is 1. The van der Waals surface area contributed by atoms with Crippen molar-refractivity contribution in [2.24, 2.45) is 0 Å². The number of aromatic hydroxyl groups is 1. The van der Waals surface area contributed by atoms with Gasteiger partial charge in [-0.15, -0.1) is 0 Å². The summed E-state index contributed by atoms with van der Waals surface area (Å²) in [6.07, 6.45) is 1.07. The van der Waals surface area contributed by atoms with Crippen LogP contribution in [0.3, 0.4) is 0 Å². The minimum absolute atomic E-state index is 0.0710. The number of phenols is 1. The van der Waals surface area contributed by atoms with Crippen molar-refractivity contribution in [3.05, 3.63) is 28.3 Å². The molecule has 0 saturated heterocycles. The fourth-order valence-corrected chi connectivity index (χ4v) is 1.35. The molecule has 0 aliphatic heterocycles. The molecule has 0 amide bonds. The summed E-state index contributed by atoms with van der Waals surface area (Å²) in [5.74, 6) is -1.49. The molecule has 0 aliphatic carbocycles. The highest BCUT2D eigenvalue weighted by Crippen LogP contribution is 2.37. The SMILES string of the molecule is COc1ccc(/C=C(\C#N)C(=O)O)c(Cl)c1O. The van der Waals surface area contributed by atoms with E-state index in [9.17, 15) is 9.90 Å². The second kappa shape index (κ2) is 5.23. The van der Waals surface area contributed by atoms with E-state index in [1.54, 1.807) is 0 Å². The van der Waals surface area contributed by atoms with E-state index in [1.807, 2.05) is 0 Å². The van der Waals surface area contributed by atoms with Gasteiger partial charge in [-0.2, -0.15) is 5.26 Å². The third-order valence-corrected chi connectivity index (χ3v) is 2.38. The van der Waals surface area contributed by atoms with Gasteiger partial charge in [0.15, 0.2) is 11.5 Å². The zero-order valence-corrected chi connectivity index (χ0v) is 9.52. The van der Waals surface area contributed by atoms with Gasteiger partial charge in [-0.3, -0.25) is 0 Å². The number of halogens is 1. The molecular formula is C11H8ClNO4. The number of carboxylic acid groups (broad SMARTS) is 1. The largest absolute Gasteiger partial charge is 0.503 e. The molecule has 0 heterocycles. The van der Waals surface area contributed by atoms with Gasteiger partial charge in [-0.05, 0) is 23.8 Å². The molecule has 0 bridgehead atoms. The van der Waals surface area contributed by atoms with Gasteiger partial charge in [-0.25, -0.2) is 4.79 Å². The van der Waals surface area contributed by atoms with Crippen molar-refractivity contribution in [3.8, 4) is 17.6 Å². The van der Waals surface area contributed by atoms with Crippen molar-refractivity contribution in [1.82, 2.24) is 0 Å². The Hall–Kier alpha value is -2.19. The fraction of sp³-hybridized carbons (Fsp3) is 0.0909. The van der Waals surface area contributed by atoms with E-state index < -0.39 is 11.5 Å². The highest BCUT2D eigenvalue weighted by molar-refractivity contribution is 6.33. The molecule has 0 aromatic heterocycles. The van der Waals surface area contributed by atoms with Gasteiger partial charge in [0.1, 0.15) is 11.6 Å². The number of ether oxygens (including phenoxy) is 1. The normalized spacial score (nSPS) is 10.8. The lowest BCUT2D eigenvalue weighted by atomic mass is 10.1. The Morgan fingerprint density at radius 3 is 2.71 bits per heavy atom. The number of phenolic OH excluding ortho intramolecular Hbond substituents is 1. The molecule has 1 rings (SSSR count). The summed E-state index contributed by atoms with van der Waals surface area (Å²) in [5, 5.41) is 26.8. The van der Waals surface area contributed by atoms with Gasteiger partial charge in [0.2, 0.25) is 0 Å². The van der Waals surface area contributed by atoms with Gasteiger partial charge in [-0.1, -0.05) is 11.6 Å². The number of nitriles is 1. The van der Waals surface area contributed by atoms with Crippen LogP contribution in [0.2, 0.25) is 5.02 Å². The van der Waals surface area contributed by atoms with E-state index in [0.29, 0.717) is 0 Å². The topological polar surface area (TPSA) is 90.5 Å². The molecule has 6 heteroatoms. The molecule has 0 radical (unpaired) electrons. The highest BCUT2D eigenvalue weighted by atomic mass is 35.5. The summed E-state index contributed by atoms with van der Waals surface area (Å²) in [5.41, 5.74) is -0.250. The summed E-state index contributed by atoms with van der Waals surface area (Å²) in [4.78, 5) is 10.6. The lowest BCUT2D eigenvalue weighted by Gasteiger charge is -2.06. The first-order valence-corrected chi connectivity index (χ1v) is 4.79. The number of nitrogens with zero attached hydrogens (tertiary/aromatic N) is 1. The van der Waals surface area contributed by atoms with Crippen molar-refractivity contribution in [3.63, 3.8) is 0 Å². The first-order chi connectivity index (χ1) is 8.01. The second-order valence-corrected chi connectivity index (χ2v) is 3.37. The van der Waals surface area contributed by atoms with Crippen molar-refractivity contribution < 1.29 is 19.7 Å². The van der Waals surface area contributed by atoms with Crippen LogP contribution in [-0.4, -0.2) is 23.3 Å². The first kappa shape index (κ1) is 12.9. The molecule has 88 valence electrons. The third-order valence-electron chi connectivity index (χ3n) is 1.98. The zero-order valence-electron chi connectivity index (χ0n) is 8.77. The lowest BCUT2D eigenvalue weighted by Crippen LogP contribution is -1.97. The van der Waals surface area contributed by atoms with Gasteiger partial charge >= 0.3 is 5.97 Å². The van der Waals surface area contributed by atoms with Crippen LogP contribution in [-0.2, 0) is 4.79 Å². The van der Waals surface area contributed by atoms with Crippen LogP contribution >= 0.6 is 11.6 Å². The molecule has 0 unspecified atom stereocenters. The number of hydrogen-bond donors (Lipinski definition) is 2. The molecule has 0 aliphatic rings. The van der Waals surface area contributed by atoms with Crippen LogP contribution in [0, 0.1) is 11.3 Å². The molecule has 0 spiro atoms. The van der Waals surface area contributed by atoms with Crippen molar-refractivity contribution in [2.75, 3.05) is 7.11 Å². The maximum atomic E-state index is 10.6. The lowest BCUT2D eigenvalue weighted by molar-refractivity contribution is -0.132. The minimum Gasteiger partial charge on any atom is -0.503 e. The van der Waals surface area contributed by atoms with Crippen LogP contribution in [0.25, 0.3) is 6.08 Å². The number of hydrogen-bond acceptors (Lipinski definition) is 4. The molecule has 1 aromatic rings. The summed E-state index contributed by atoms with van der Waals surface area (Å²) < 4.78 is 4.82. The Morgan fingerprint density at radius 2 is 2.24 bits per heavy atom. The Morgan fingerprint density at radius 1 is 1.59 bits per heavy atom. The third kappa shape index (κ3) is 2.68. The quantitative estimate of drug-likeness (QED) is 0.635. The standard InChI is InChI=1S/C11H8ClNO4/c1-17-8-3-2-6(9(12)10(8)14)4-7(5-13)11(15)16/h2-4,14H,1H3,(H,15,16)/b7-4+. The van der Waals surface area contributed by atoms with Gasteiger partial charge < -0.3 is 14.9 Å². The number of aliphatic carboxylic acids is 1. The Balaban J connectivity index is 3.31. The fourth-order valence-electron chi connectivity index (χ4n) is 1.14. The predicted molar refractivity (Wildman–Crippen MR) is 60.9 cm³/mol. The average molecular weight is 254 g/mol. The smallest absolute Gasteiger partial charge is 0.346 e. The molecule has 0 atom stereocenters. The van der Waals surface area contributed by atoms with Crippen LogP contribution < -0.4 is 4.74 Å². The maximum Gasteiger partial charge on any atom is 0.346 e. The summed E-state index contributed by atoms with van der Waals surface area (Å²) in [7, 11) is 1.36. The van der Waals surface area contributed by atoms with Gasteiger partial charge in [0, 0.05) is 0 Å². The Bertz CT molecular complexity index is 531. The Kier molecular flexibility index (Phi) is 3.96. The van der Waals surface area contributed by atoms with Crippen LogP contribution in [0.1, 0.15) is 5.56 Å². The van der Waals surface area contributed by atoms with E-state index in [1.165, 1.54) is 25.3 Å². The molecule has 17 heavy (non-hydrogen) atoms. The van der Waals surface area contributed by atoms with Crippen molar-refractivity contribution in [1.29, 1.82) is 5.26 Å². The molecule has 5 nitrogen and oxygen atoms in total. The van der Waals surface area contributed by atoms with E-state index in [0.717, 1.165) is 6.08 Å². The number of rotatable bonds is 3. The first-order valence-electron chi connectivity index (χ1n) is 4.41. The van der Waals surface area contributed by atoms with E-state index in [4.69, 9.17) is 26.7 Å². The van der Waals surface area contributed by atoms with Crippen LogP contribution in [0.5, 0.6) is 11.5 Å². The van der Waals surface area contributed by atoms with Crippen LogP contribution in [0.15, 0.2) is 17.7 Å². The molecule has 1 aromatic carbocycles. The molecular weight excluding hydrogens is 246 g/mol. The van der Waals surface area contributed by atoms with Gasteiger partial charge in [0.25, 0.3) is 0 Å². The summed E-state index contributed by atoms with van der Waals surface area (Å²) in [6.45, 7) is 0. The predicted octanol–water partition coefficient (Wildman–Crippen LogP) is 2.05. The summed E-state index contributed by atoms with van der Waals surface area (Å²) in [6, 6.07) is 4.38. The molecule has 2 N–H and O–H groups in total. The Labute approximate surface area is 102 Å². The van der Waals surface area contributed by atoms with Gasteiger partial charge in [0.05, 0.1) is 12.1 Å². The number of carboxylic acids is 1. The second-order valence-electron chi connectivity index (χ2n) is 2.99. The van der Waals surface area contributed by atoms with E-state index in [2.05, 4.69) is 0 Å². The number of benzene rings is 1. The molecule has 0 fully saturated rings. The average Bonchev–Trinajstić information content (AvgIpc) is 2.30. The van der Waals surface area contributed by atoms with E-state index in [-0.39, 0.29) is 22.1 Å². The summed E-state index contributed by atoms with van der Waals surface area (Å²) >= 11 is 5.81. The monoisotopic (exact) mass is 253 g/mol. The van der Waals surface area contributed by atoms with Crippen LogP contribution in [0.4, 0.5) is 0 Å². The van der Waals surface area contributed by atoms with E-state index >= 15 is 0 Å². The zero-order chi connectivity index (χ0) is 13.0. The van der Waals surface area contributed by atoms with Crippen molar-refractivity contribution >= 4 is 23.6 Å². The maximum absolute atomic E-state index is 10.6. The van der Waals surface area contributed by atoms with Crippen molar-refractivity contribution in [2.45, 2.75) is 0 Å². The highest BCUT2D eigenvalue weighted by Gasteiger charge is 2.12. The number of carbonyl (C=O) groups is 1.